The third-order valence-electron chi connectivity index (χ3n) is 2.07. The first kappa shape index (κ1) is 11.4. The molecular formula is C12H9N3OS. The molecular weight excluding hydrogens is 234 g/mol. The van der Waals surface area contributed by atoms with Crippen molar-refractivity contribution < 1.29 is 4.74 Å². The Bertz CT molecular complexity index is 548. The molecule has 17 heavy (non-hydrogen) atoms. The van der Waals surface area contributed by atoms with Gasteiger partial charge < -0.3 is 4.74 Å². The summed E-state index contributed by atoms with van der Waals surface area (Å²) in [6.07, 6.45) is 4.79. The number of thioether (sulfide) groups is 1. The van der Waals surface area contributed by atoms with Crippen LogP contribution in [0, 0.1) is 11.3 Å². The minimum absolute atomic E-state index is 0.277. The zero-order valence-electron chi connectivity index (χ0n) is 9.12. The van der Waals surface area contributed by atoms with Crippen molar-refractivity contribution in [3.05, 3.63) is 42.4 Å². The van der Waals surface area contributed by atoms with E-state index in [1.54, 1.807) is 11.8 Å². The Labute approximate surface area is 103 Å². The second-order valence-corrected chi connectivity index (χ2v) is 4.01. The maximum atomic E-state index is 8.87. The van der Waals surface area contributed by atoms with Gasteiger partial charge in [0.2, 0.25) is 5.88 Å². The van der Waals surface area contributed by atoms with Crippen molar-refractivity contribution in [1.29, 1.82) is 5.26 Å². The van der Waals surface area contributed by atoms with Gasteiger partial charge in [-0.3, -0.25) is 0 Å². The van der Waals surface area contributed by atoms with Gasteiger partial charge in [-0.1, -0.05) is 0 Å². The van der Waals surface area contributed by atoms with E-state index in [4.69, 9.17) is 10.00 Å². The van der Waals surface area contributed by atoms with Crippen molar-refractivity contribution in [3.8, 4) is 17.7 Å². The van der Waals surface area contributed by atoms with Crippen molar-refractivity contribution in [2.24, 2.45) is 0 Å². The highest BCUT2D eigenvalue weighted by atomic mass is 32.2. The predicted molar refractivity (Wildman–Crippen MR) is 65.0 cm³/mol. The summed E-state index contributed by atoms with van der Waals surface area (Å²) in [6.45, 7) is 0. The van der Waals surface area contributed by atoms with Crippen LogP contribution in [-0.4, -0.2) is 16.2 Å². The molecule has 4 nitrogen and oxygen atoms in total. The molecule has 0 fully saturated rings. The largest absolute Gasteiger partial charge is 0.438 e. The zero-order chi connectivity index (χ0) is 12.1. The SMILES string of the molecule is CSc1ccc(Oc2ncncc2C#N)cc1. The average molecular weight is 243 g/mol. The number of hydrogen-bond acceptors (Lipinski definition) is 5. The number of hydrogen-bond donors (Lipinski definition) is 0. The molecule has 0 aliphatic heterocycles. The maximum Gasteiger partial charge on any atom is 0.240 e. The van der Waals surface area contributed by atoms with E-state index < -0.39 is 0 Å². The summed E-state index contributed by atoms with van der Waals surface area (Å²) in [5.41, 5.74) is 0.321. The van der Waals surface area contributed by atoms with E-state index in [-0.39, 0.29) is 5.88 Å². The first-order valence-electron chi connectivity index (χ1n) is 4.85. The molecule has 84 valence electrons. The molecule has 0 atom stereocenters. The Morgan fingerprint density at radius 2 is 2.06 bits per heavy atom. The predicted octanol–water partition coefficient (Wildman–Crippen LogP) is 2.86. The van der Waals surface area contributed by atoms with E-state index in [2.05, 4.69) is 9.97 Å². The van der Waals surface area contributed by atoms with E-state index >= 15 is 0 Å². The Balaban J connectivity index is 2.23. The minimum Gasteiger partial charge on any atom is -0.438 e. The summed E-state index contributed by atoms with van der Waals surface area (Å²) in [5.74, 6) is 0.928. The molecule has 1 heterocycles. The zero-order valence-corrected chi connectivity index (χ0v) is 9.94. The summed E-state index contributed by atoms with van der Waals surface area (Å²) < 4.78 is 5.52. The molecule has 0 spiro atoms. The molecule has 0 saturated carbocycles. The quantitative estimate of drug-likeness (QED) is 0.776. The summed E-state index contributed by atoms with van der Waals surface area (Å²) in [6, 6.07) is 9.57. The molecule has 0 amide bonds. The molecule has 1 aromatic carbocycles. The van der Waals surface area contributed by atoms with E-state index in [1.807, 2.05) is 36.6 Å². The van der Waals surface area contributed by atoms with Gasteiger partial charge in [0, 0.05) is 4.90 Å². The van der Waals surface area contributed by atoms with Gasteiger partial charge in [-0.05, 0) is 30.5 Å². The van der Waals surface area contributed by atoms with Gasteiger partial charge in [0.1, 0.15) is 23.7 Å². The standard InChI is InChI=1S/C12H9N3OS/c1-17-11-4-2-10(3-5-11)16-12-9(6-13)7-14-8-15-12/h2-5,7-8H,1H3. The Kier molecular flexibility index (Phi) is 3.58. The van der Waals surface area contributed by atoms with E-state index in [0.29, 0.717) is 11.3 Å². The van der Waals surface area contributed by atoms with Gasteiger partial charge in [0.25, 0.3) is 0 Å². The van der Waals surface area contributed by atoms with Gasteiger partial charge in [-0.2, -0.15) is 5.26 Å². The Morgan fingerprint density at radius 3 is 2.71 bits per heavy atom. The number of nitrogens with zero attached hydrogens (tertiary/aromatic N) is 3. The van der Waals surface area contributed by atoms with Crippen molar-refractivity contribution in [2.45, 2.75) is 4.90 Å². The number of rotatable bonds is 3. The van der Waals surface area contributed by atoms with Crippen LogP contribution in [0.15, 0.2) is 41.7 Å². The van der Waals surface area contributed by atoms with Gasteiger partial charge in [-0.25, -0.2) is 9.97 Å². The normalized spacial score (nSPS) is 9.65. The fourth-order valence-corrected chi connectivity index (χ4v) is 1.64. The van der Waals surface area contributed by atoms with Crippen LogP contribution in [0.1, 0.15) is 5.56 Å². The molecule has 0 aliphatic rings. The Hall–Kier alpha value is -2.06. The van der Waals surface area contributed by atoms with Crippen LogP contribution in [0.2, 0.25) is 0 Å². The third-order valence-corrected chi connectivity index (χ3v) is 2.81. The number of benzene rings is 1. The lowest BCUT2D eigenvalue weighted by Crippen LogP contribution is -1.92. The molecule has 0 aliphatic carbocycles. The van der Waals surface area contributed by atoms with Gasteiger partial charge in [-0.15, -0.1) is 11.8 Å². The molecule has 5 heteroatoms. The lowest BCUT2D eigenvalue weighted by atomic mass is 10.3. The Morgan fingerprint density at radius 1 is 1.29 bits per heavy atom. The number of nitriles is 1. The highest BCUT2D eigenvalue weighted by molar-refractivity contribution is 7.98. The van der Waals surface area contributed by atoms with Crippen LogP contribution < -0.4 is 4.74 Å². The summed E-state index contributed by atoms with van der Waals surface area (Å²) >= 11 is 1.66. The minimum atomic E-state index is 0.277. The number of ether oxygens (including phenoxy) is 1. The fourth-order valence-electron chi connectivity index (χ4n) is 1.23. The van der Waals surface area contributed by atoms with Gasteiger partial charge in [0.15, 0.2) is 0 Å². The number of aromatic nitrogens is 2. The lowest BCUT2D eigenvalue weighted by molar-refractivity contribution is 0.459. The first-order valence-corrected chi connectivity index (χ1v) is 6.08. The van der Waals surface area contributed by atoms with E-state index in [0.717, 1.165) is 4.90 Å². The molecule has 2 aromatic rings. The molecule has 1 aromatic heterocycles. The second-order valence-electron chi connectivity index (χ2n) is 3.13. The van der Waals surface area contributed by atoms with Crippen molar-refractivity contribution >= 4 is 11.8 Å². The molecule has 0 unspecified atom stereocenters. The van der Waals surface area contributed by atoms with Crippen LogP contribution in [0.25, 0.3) is 0 Å². The monoisotopic (exact) mass is 243 g/mol. The molecule has 0 N–H and O–H groups in total. The molecule has 0 bridgehead atoms. The smallest absolute Gasteiger partial charge is 0.240 e. The molecule has 0 saturated heterocycles. The molecule has 2 rings (SSSR count). The van der Waals surface area contributed by atoms with E-state index in [9.17, 15) is 0 Å². The molecule has 0 radical (unpaired) electrons. The van der Waals surface area contributed by atoms with Crippen molar-refractivity contribution in [2.75, 3.05) is 6.26 Å². The lowest BCUT2D eigenvalue weighted by Gasteiger charge is -2.05. The van der Waals surface area contributed by atoms with Crippen LogP contribution in [0.5, 0.6) is 11.6 Å². The second kappa shape index (κ2) is 5.32. The highest BCUT2D eigenvalue weighted by Crippen LogP contribution is 2.24. The third kappa shape index (κ3) is 2.74. The van der Waals surface area contributed by atoms with Gasteiger partial charge >= 0.3 is 0 Å². The van der Waals surface area contributed by atoms with Crippen LogP contribution in [0.4, 0.5) is 0 Å². The highest BCUT2D eigenvalue weighted by Gasteiger charge is 2.05. The summed E-state index contributed by atoms with van der Waals surface area (Å²) in [5, 5.41) is 8.87. The van der Waals surface area contributed by atoms with Crippen LogP contribution in [-0.2, 0) is 0 Å². The van der Waals surface area contributed by atoms with Crippen molar-refractivity contribution in [3.63, 3.8) is 0 Å². The maximum absolute atomic E-state index is 8.87. The van der Waals surface area contributed by atoms with E-state index in [1.165, 1.54) is 12.5 Å². The van der Waals surface area contributed by atoms with Gasteiger partial charge in [0.05, 0.1) is 6.20 Å². The summed E-state index contributed by atoms with van der Waals surface area (Å²) in [7, 11) is 0. The average Bonchev–Trinajstić information content (AvgIpc) is 2.40. The van der Waals surface area contributed by atoms with Crippen LogP contribution >= 0.6 is 11.8 Å². The van der Waals surface area contributed by atoms with Crippen molar-refractivity contribution in [1.82, 2.24) is 9.97 Å². The first-order chi connectivity index (χ1) is 8.33. The fraction of sp³-hybridized carbons (Fsp3) is 0.0833. The topological polar surface area (TPSA) is 58.8 Å². The summed E-state index contributed by atoms with van der Waals surface area (Å²) in [4.78, 5) is 8.85. The van der Waals surface area contributed by atoms with Crippen LogP contribution in [0.3, 0.4) is 0 Å².